The van der Waals surface area contributed by atoms with Crippen molar-refractivity contribution in [2.45, 2.75) is 134 Å². The summed E-state index contributed by atoms with van der Waals surface area (Å²) in [5, 5.41) is 29.1. The molecule has 0 radical (unpaired) electrons. The highest BCUT2D eigenvalue weighted by Gasteiger charge is 2.39. The topological polar surface area (TPSA) is 79.2 Å². The standard InChI is InChI=1S/C26H50O5/c1-2-3-4-5-6-7-8-9-10-11-12-13-14-15-16-17-18-19-20-30-21-24(28)26-25(29)23(27)22-31-26/h11-12,23-29H,2-10,13-22H2,1H3/b12-11+/t23-,24+,25+,26+/m1/s1. The van der Waals surface area contributed by atoms with Crippen LogP contribution in [0.2, 0.25) is 0 Å². The fraction of sp³-hybridized carbons (Fsp3) is 0.923. The van der Waals surface area contributed by atoms with Crippen molar-refractivity contribution in [3.63, 3.8) is 0 Å². The van der Waals surface area contributed by atoms with Crippen molar-refractivity contribution >= 4 is 0 Å². The zero-order chi connectivity index (χ0) is 22.6. The van der Waals surface area contributed by atoms with Crippen LogP contribution in [0, 0.1) is 0 Å². The Balaban J connectivity index is 1.76. The van der Waals surface area contributed by atoms with Gasteiger partial charge in [-0.1, -0.05) is 89.7 Å². The summed E-state index contributed by atoms with van der Waals surface area (Å²) < 4.78 is 10.7. The minimum atomic E-state index is -1.03. The van der Waals surface area contributed by atoms with Gasteiger partial charge >= 0.3 is 0 Å². The van der Waals surface area contributed by atoms with E-state index in [0.29, 0.717) is 6.61 Å². The first-order chi connectivity index (χ1) is 15.2. The predicted molar refractivity (Wildman–Crippen MR) is 127 cm³/mol. The average molecular weight is 443 g/mol. The van der Waals surface area contributed by atoms with Crippen LogP contribution in [0.15, 0.2) is 12.2 Å². The van der Waals surface area contributed by atoms with E-state index in [1.54, 1.807) is 0 Å². The maximum atomic E-state index is 9.96. The first-order valence-corrected chi connectivity index (χ1v) is 13.0. The van der Waals surface area contributed by atoms with Crippen LogP contribution < -0.4 is 0 Å². The molecule has 1 aliphatic rings. The summed E-state index contributed by atoms with van der Waals surface area (Å²) in [5.41, 5.74) is 0. The Bertz CT molecular complexity index is 415. The Morgan fingerprint density at radius 2 is 1.32 bits per heavy atom. The zero-order valence-corrected chi connectivity index (χ0v) is 20.1. The van der Waals surface area contributed by atoms with Crippen LogP contribution >= 0.6 is 0 Å². The fourth-order valence-electron chi connectivity index (χ4n) is 4.07. The maximum absolute atomic E-state index is 9.96. The Labute approximate surface area is 191 Å². The number of ether oxygens (including phenoxy) is 2. The molecule has 0 saturated carbocycles. The Hall–Kier alpha value is -0.460. The monoisotopic (exact) mass is 442 g/mol. The van der Waals surface area contributed by atoms with Gasteiger partial charge in [0.25, 0.3) is 0 Å². The molecule has 1 rings (SSSR count). The van der Waals surface area contributed by atoms with Gasteiger partial charge in [-0.25, -0.2) is 0 Å². The Morgan fingerprint density at radius 1 is 0.806 bits per heavy atom. The Kier molecular flexibility index (Phi) is 18.6. The van der Waals surface area contributed by atoms with Crippen LogP contribution in [0.25, 0.3) is 0 Å². The zero-order valence-electron chi connectivity index (χ0n) is 20.1. The van der Waals surface area contributed by atoms with E-state index in [9.17, 15) is 15.3 Å². The lowest BCUT2D eigenvalue weighted by atomic mass is 10.1. The second kappa shape index (κ2) is 20.2. The number of unbranched alkanes of at least 4 members (excludes halogenated alkanes) is 14. The molecule has 3 N–H and O–H groups in total. The lowest BCUT2D eigenvalue weighted by molar-refractivity contribution is -0.0813. The van der Waals surface area contributed by atoms with Gasteiger partial charge in [0, 0.05) is 6.61 Å². The van der Waals surface area contributed by atoms with E-state index in [1.165, 1.54) is 89.9 Å². The van der Waals surface area contributed by atoms with Crippen LogP contribution in [0.1, 0.15) is 110 Å². The van der Waals surface area contributed by atoms with Crippen LogP contribution in [0.3, 0.4) is 0 Å². The Morgan fingerprint density at radius 3 is 1.84 bits per heavy atom. The summed E-state index contributed by atoms with van der Waals surface area (Å²) in [4.78, 5) is 0. The lowest BCUT2D eigenvalue weighted by Gasteiger charge is -2.20. The quantitative estimate of drug-likeness (QED) is 0.166. The number of hydrogen-bond acceptors (Lipinski definition) is 5. The molecule has 5 nitrogen and oxygen atoms in total. The molecule has 1 fully saturated rings. The van der Waals surface area contributed by atoms with Crippen LogP contribution in [-0.4, -0.2) is 59.6 Å². The summed E-state index contributed by atoms with van der Waals surface area (Å²) in [6.45, 7) is 3.09. The van der Waals surface area contributed by atoms with Crippen molar-refractivity contribution in [2.24, 2.45) is 0 Å². The molecule has 0 aliphatic carbocycles. The van der Waals surface area contributed by atoms with Gasteiger partial charge < -0.3 is 24.8 Å². The van der Waals surface area contributed by atoms with Gasteiger partial charge in [0.2, 0.25) is 0 Å². The van der Waals surface area contributed by atoms with Crippen molar-refractivity contribution in [1.82, 2.24) is 0 Å². The minimum absolute atomic E-state index is 0.0674. The fourth-order valence-corrected chi connectivity index (χ4v) is 4.07. The van der Waals surface area contributed by atoms with Gasteiger partial charge in [-0.05, 0) is 32.1 Å². The molecule has 1 heterocycles. The van der Waals surface area contributed by atoms with E-state index in [-0.39, 0.29) is 13.2 Å². The number of allylic oxidation sites excluding steroid dienone is 2. The molecule has 1 saturated heterocycles. The van der Waals surface area contributed by atoms with E-state index in [1.807, 2.05) is 0 Å². The number of hydrogen-bond donors (Lipinski definition) is 3. The average Bonchev–Trinajstić information content (AvgIpc) is 3.10. The largest absolute Gasteiger partial charge is 0.388 e. The number of aliphatic hydroxyl groups is 3. The second-order valence-corrected chi connectivity index (χ2v) is 9.14. The van der Waals surface area contributed by atoms with Crippen LogP contribution in [-0.2, 0) is 9.47 Å². The molecule has 1 aliphatic heterocycles. The smallest absolute Gasteiger partial charge is 0.114 e. The van der Waals surface area contributed by atoms with Crippen LogP contribution in [0.5, 0.6) is 0 Å². The molecule has 0 aromatic carbocycles. The molecular formula is C26H50O5. The highest BCUT2D eigenvalue weighted by molar-refractivity contribution is 4.87. The molecule has 0 amide bonds. The third-order valence-corrected chi connectivity index (χ3v) is 6.16. The van der Waals surface area contributed by atoms with Gasteiger partial charge in [0.15, 0.2) is 0 Å². The van der Waals surface area contributed by atoms with Crippen molar-refractivity contribution < 1.29 is 24.8 Å². The van der Waals surface area contributed by atoms with Crippen molar-refractivity contribution in [1.29, 1.82) is 0 Å². The van der Waals surface area contributed by atoms with E-state index >= 15 is 0 Å². The molecule has 0 spiro atoms. The maximum Gasteiger partial charge on any atom is 0.114 e. The van der Waals surface area contributed by atoms with Gasteiger partial charge in [0.1, 0.15) is 24.4 Å². The van der Waals surface area contributed by atoms with Gasteiger partial charge in [0.05, 0.1) is 13.2 Å². The summed E-state index contributed by atoms with van der Waals surface area (Å²) in [6.07, 6.45) is 22.0. The van der Waals surface area contributed by atoms with E-state index in [0.717, 1.165) is 12.8 Å². The van der Waals surface area contributed by atoms with E-state index in [4.69, 9.17) is 9.47 Å². The normalized spacial score (nSPS) is 22.5. The highest BCUT2D eigenvalue weighted by atomic mass is 16.5. The van der Waals surface area contributed by atoms with Crippen molar-refractivity contribution in [2.75, 3.05) is 19.8 Å². The molecule has 4 atom stereocenters. The molecule has 5 heteroatoms. The van der Waals surface area contributed by atoms with Gasteiger partial charge in [-0.2, -0.15) is 0 Å². The van der Waals surface area contributed by atoms with Crippen LogP contribution in [0.4, 0.5) is 0 Å². The summed E-state index contributed by atoms with van der Waals surface area (Å²) in [7, 11) is 0. The molecule has 31 heavy (non-hydrogen) atoms. The number of aliphatic hydroxyl groups excluding tert-OH is 3. The molecule has 0 aromatic rings. The van der Waals surface area contributed by atoms with Crippen molar-refractivity contribution in [3.8, 4) is 0 Å². The predicted octanol–water partition coefficient (Wildman–Crippen LogP) is 5.30. The minimum Gasteiger partial charge on any atom is -0.388 e. The van der Waals surface area contributed by atoms with Gasteiger partial charge in [-0.3, -0.25) is 0 Å². The lowest BCUT2D eigenvalue weighted by Crippen LogP contribution is -2.40. The summed E-state index contributed by atoms with van der Waals surface area (Å²) in [6, 6.07) is 0. The first kappa shape index (κ1) is 28.6. The van der Waals surface area contributed by atoms with Crippen molar-refractivity contribution in [3.05, 3.63) is 12.2 Å². The van der Waals surface area contributed by atoms with E-state index in [2.05, 4.69) is 19.1 Å². The molecule has 0 bridgehead atoms. The molecule has 0 unspecified atom stereocenters. The SMILES string of the molecule is CCCCCCCCCC/C=C/CCCCCCCCOC[C@H](O)[C@@H]1OC[C@@H](O)[C@@H]1O. The van der Waals surface area contributed by atoms with E-state index < -0.39 is 24.4 Å². The third-order valence-electron chi connectivity index (χ3n) is 6.16. The number of rotatable bonds is 21. The molecular weight excluding hydrogens is 392 g/mol. The summed E-state index contributed by atoms with van der Waals surface area (Å²) >= 11 is 0. The molecule has 0 aromatic heterocycles. The summed E-state index contributed by atoms with van der Waals surface area (Å²) in [5.74, 6) is 0. The van der Waals surface area contributed by atoms with Gasteiger partial charge in [-0.15, -0.1) is 0 Å². The third kappa shape index (κ3) is 15.1. The second-order valence-electron chi connectivity index (χ2n) is 9.14. The molecule has 184 valence electrons. The highest BCUT2D eigenvalue weighted by Crippen LogP contribution is 2.18. The first-order valence-electron chi connectivity index (χ1n) is 13.0.